The van der Waals surface area contributed by atoms with Gasteiger partial charge in [-0.2, -0.15) is 0 Å². The Balaban J connectivity index is 2.01. The first-order chi connectivity index (χ1) is 9.84. The van der Waals surface area contributed by atoms with Crippen LogP contribution in [0.1, 0.15) is 35.2 Å². The van der Waals surface area contributed by atoms with Gasteiger partial charge in [-0.1, -0.05) is 6.07 Å². The molecule has 0 aromatic heterocycles. The highest BCUT2D eigenvalue weighted by atomic mass is 19.1. The molecule has 1 aliphatic carbocycles. The average molecular weight is 294 g/mol. The number of aromatic carboxylic acids is 1. The summed E-state index contributed by atoms with van der Waals surface area (Å²) in [6, 6.07) is 4.35. The molecule has 0 aliphatic heterocycles. The van der Waals surface area contributed by atoms with Crippen molar-refractivity contribution in [3.05, 3.63) is 35.1 Å². The first-order valence-electron chi connectivity index (χ1n) is 7.22. The van der Waals surface area contributed by atoms with Gasteiger partial charge in [0.25, 0.3) is 0 Å². The smallest absolute Gasteiger partial charge is 0.338 e. The van der Waals surface area contributed by atoms with E-state index in [1.807, 2.05) is 7.05 Å². The van der Waals surface area contributed by atoms with E-state index in [2.05, 4.69) is 23.9 Å². The highest BCUT2D eigenvalue weighted by Gasteiger charge is 2.39. The average Bonchev–Trinajstić information content (AvgIpc) is 2.32. The number of halogens is 1. The summed E-state index contributed by atoms with van der Waals surface area (Å²) in [6.07, 6.45) is 3.64. The van der Waals surface area contributed by atoms with Gasteiger partial charge in [0.15, 0.2) is 0 Å². The Hall–Kier alpha value is -1.46. The molecule has 2 rings (SSSR count). The Labute approximate surface area is 125 Å². The van der Waals surface area contributed by atoms with Crippen LogP contribution in [-0.4, -0.2) is 54.1 Å². The quantitative estimate of drug-likeness (QED) is 0.875. The van der Waals surface area contributed by atoms with E-state index in [4.69, 9.17) is 5.11 Å². The van der Waals surface area contributed by atoms with Crippen LogP contribution in [0, 0.1) is 5.82 Å². The molecule has 1 saturated carbocycles. The van der Waals surface area contributed by atoms with Crippen LogP contribution >= 0.6 is 0 Å². The van der Waals surface area contributed by atoms with Crippen molar-refractivity contribution in [3.63, 3.8) is 0 Å². The Morgan fingerprint density at radius 1 is 1.33 bits per heavy atom. The summed E-state index contributed by atoms with van der Waals surface area (Å²) in [5, 5.41) is 8.84. The molecule has 0 spiro atoms. The number of carboxylic acid groups (broad SMARTS) is 1. The Morgan fingerprint density at radius 3 is 2.43 bits per heavy atom. The van der Waals surface area contributed by atoms with Crippen LogP contribution in [0.15, 0.2) is 18.2 Å². The molecule has 0 amide bonds. The summed E-state index contributed by atoms with van der Waals surface area (Å²) in [6.45, 7) is 1.55. The van der Waals surface area contributed by atoms with Gasteiger partial charge >= 0.3 is 5.97 Å². The monoisotopic (exact) mass is 294 g/mol. The van der Waals surface area contributed by atoms with Crippen molar-refractivity contribution in [2.45, 2.75) is 31.3 Å². The van der Waals surface area contributed by atoms with Crippen LogP contribution in [0.3, 0.4) is 0 Å². The molecule has 21 heavy (non-hydrogen) atoms. The Kier molecular flexibility index (Phi) is 4.64. The molecule has 0 radical (unpaired) electrons. The molecule has 0 bridgehead atoms. The maximum absolute atomic E-state index is 13.7. The third kappa shape index (κ3) is 3.41. The van der Waals surface area contributed by atoms with Crippen molar-refractivity contribution in [2.75, 3.05) is 27.7 Å². The van der Waals surface area contributed by atoms with E-state index in [-0.39, 0.29) is 11.1 Å². The zero-order valence-corrected chi connectivity index (χ0v) is 12.9. The summed E-state index contributed by atoms with van der Waals surface area (Å²) >= 11 is 0. The molecule has 5 heteroatoms. The van der Waals surface area contributed by atoms with Crippen LogP contribution in [-0.2, 0) is 6.54 Å². The highest BCUT2D eigenvalue weighted by molar-refractivity contribution is 5.87. The number of hydrogen-bond acceptors (Lipinski definition) is 3. The predicted octanol–water partition coefficient (Wildman–Crippen LogP) is 2.44. The number of nitrogens with zero attached hydrogens (tertiary/aromatic N) is 2. The lowest BCUT2D eigenvalue weighted by Crippen LogP contribution is -2.56. The zero-order chi connectivity index (χ0) is 15.6. The van der Waals surface area contributed by atoms with Crippen molar-refractivity contribution in [1.29, 1.82) is 0 Å². The lowest BCUT2D eigenvalue weighted by molar-refractivity contribution is 0.0259. The van der Waals surface area contributed by atoms with E-state index < -0.39 is 11.8 Å². The maximum atomic E-state index is 13.7. The summed E-state index contributed by atoms with van der Waals surface area (Å²) in [5.74, 6) is -1.90. The molecule has 116 valence electrons. The van der Waals surface area contributed by atoms with E-state index >= 15 is 0 Å². The normalized spacial score (nSPS) is 17.0. The molecule has 1 aliphatic rings. The molecule has 1 aromatic rings. The van der Waals surface area contributed by atoms with Gasteiger partial charge in [0.1, 0.15) is 5.82 Å². The van der Waals surface area contributed by atoms with E-state index in [0.29, 0.717) is 6.54 Å². The number of likely N-dealkylation sites (N-methyl/N-ethyl adjacent to an activating group) is 2. The van der Waals surface area contributed by atoms with Crippen molar-refractivity contribution in [1.82, 2.24) is 9.80 Å². The van der Waals surface area contributed by atoms with E-state index in [1.54, 1.807) is 6.07 Å². The molecular formula is C16H23FN2O2. The molecule has 1 N–H and O–H groups in total. The van der Waals surface area contributed by atoms with Gasteiger partial charge in [-0.25, -0.2) is 9.18 Å². The first kappa shape index (κ1) is 15.9. The van der Waals surface area contributed by atoms with Crippen LogP contribution in [0.25, 0.3) is 0 Å². The van der Waals surface area contributed by atoms with E-state index in [9.17, 15) is 9.18 Å². The second-order valence-corrected chi connectivity index (χ2v) is 6.26. The topological polar surface area (TPSA) is 43.8 Å². The molecular weight excluding hydrogens is 271 g/mol. The number of carboxylic acids is 1. The van der Waals surface area contributed by atoms with Crippen LogP contribution in [0.4, 0.5) is 4.39 Å². The number of hydrogen-bond donors (Lipinski definition) is 1. The molecule has 0 saturated heterocycles. The minimum absolute atomic E-state index is 0.230. The summed E-state index contributed by atoms with van der Waals surface area (Å²) < 4.78 is 13.7. The molecule has 4 nitrogen and oxygen atoms in total. The van der Waals surface area contributed by atoms with Crippen molar-refractivity contribution >= 4 is 5.97 Å². The maximum Gasteiger partial charge on any atom is 0.338 e. The lowest BCUT2D eigenvalue weighted by Gasteiger charge is -2.49. The van der Waals surface area contributed by atoms with Crippen molar-refractivity contribution in [2.24, 2.45) is 0 Å². The van der Waals surface area contributed by atoms with Crippen LogP contribution < -0.4 is 0 Å². The second kappa shape index (κ2) is 6.12. The Bertz CT molecular complexity index is 527. The van der Waals surface area contributed by atoms with Crippen molar-refractivity contribution in [3.8, 4) is 0 Å². The fourth-order valence-electron chi connectivity index (χ4n) is 3.03. The third-order valence-electron chi connectivity index (χ3n) is 4.51. The molecule has 0 atom stereocenters. The van der Waals surface area contributed by atoms with Gasteiger partial charge in [-0.3, -0.25) is 0 Å². The predicted molar refractivity (Wildman–Crippen MR) is 80.0 cm³/mol. The largest absolute Gasteiger partial charge is 0.478 e. The summed E-state index contributed by atoms with van der Waals surface area (Å²) in [4.78, 5) is 15.3. The fraction of sp³-hybridized carbons (Fsp3) is 0.562. The second-order valence-electron chi connectivity index (χ2n) is 6.26. The van der Waals surface area contributed by atoms with E-state index in [0.717, 1.165) is 12.1 Å². The highest BCUT2D eigenvalue weighted by Crippen LogP contribution is 2.36. The molecule has 0 unspecified atom stereocenters. The number of rotatable bonds is 6. The molecule has 0 heterocycles. The lowest BCUT2D eigenvalue weighted by atomic mass is 9.75. The molecule has 1 aromatic carbocycles. The minimum Gasteiger partial charge on any atom is -0.478 e. The standard InChI is InChI=1S/C16H23FN2O2/c1-18(2)16(7-4-8-16)11-19(3)10-12-5-6-13(15(20)21)14(17)9-12/h5-6,9H,4,7-8,10-11H2,1-3H3,(H,20,21). The van der Waals surface area contributed by atoms with Gasteiger partial charge in [0, 0.05) is 18.6 Å². The zero-order valence-electron chi connectivity index (χ0n) is 12.9. The van der Waals surface area contributed by atoms with Gasteiger partial charge in [-0.15, -0.1) is 0 Å². The van der Waals surface area contributed by atoms with Crippen molar-refractivity contribution < 1.29 is 14.3 Å². The van der Waals surface area contributed by atoms with Gasteiger partial charge in [-0.05, 0) is 58.1 Å². The number of carbonyl (C=O) groups is 1. The van der Waals surface area contributed by atoms with Gasteiger partial charge < -0.3 is 14.9 Å². The summed E-state index contributed by atoms with van der Waals surface area (Å²) in [7, 11) is 6.23. The fourth-order valence-corrected chi connectivity index (χ4v) is 3.03. The first-order valence-corrected chi connectivity index (χ1v) is 7.22. The minimum atomic E-state index is -1.23. The van der Waals surface area contributed by atoms with Crippen LogP contribution in [0.2, 0.25) is 0 Å². The molecule has 1 fully saturated rings. The number of benzene rings is 1. The van der Waals surface area contributed by atoms with Gasteiger partial charge in [0.2, 0.25) is 0 Å². The van der Waals surface area contributed by atoms with E-state index in [1.165, 1.54) is 31.4 Å². The third-order valence-corrected chi connectivity index (χ3v) is 4.51. The Morgan fingerprint density at radius 2 is 2.00 bits per heavy atom. The summed E-state index contributed by atoms with van der Waals surface area (Å²) in [5.41, 5.74) is 0.757. The van der Waals surface area contributed by atoms with Crippen LogP contribution in [0.5, 0.6) is 0 Å². The SMILES string of the molecule is CN(Cc1ccc(C(=O)O)c(F)c1)CC1(N(C)C)CCC1. The van der Waals surface area contributed by atoms with Gasteiger partial charge in [0.05, 0.1) is 5.56 Å².